The number of ether oxygens (including phenoxy) is 1. The molecule has 76 valence electrons. The highest BCUT2D eigenvalue weighted by molar-refractivity contribution is 5.71. The second kappa shape index (κ2) is 4.61. The summed E-state index contributed by atoms with van der Waals surface area (Å²) in [6.07, 6.45) is 1.19. The van der Waals surface area contributed by atoms with Gasteiger partial charge in [0.15, 0.2) is 0 Å². The summed E-state index contributed by atoms with van der Waals surface area (Å²) in [7, 11) is 0. The average molecular weight is 185 g/mol. The van der Waals surface area contributed by atoms with Crippen LogP contribution in [0.3, 0.4) is 0 Å². The Hall–Kier alpha value is -0.570. The molecule has 3 heteroatoms. The molecule has 0 N–H and O–H groups in total. The molecule has 3 nitrogen and oxygen atoms in total. The van der Waals surface area contributed by atoms with E-state index in [1.807, 2.05) is 6.92 Å². The fourth-order valence-corrected chi connectivity index (χ4v) is 1.98. The molecule has 2 unspecified atom stereocenters. The highest BCUT2D eigenvalue weighted by Crippen LogP contribution is 2.21. The van der Waals surface area contributed by atoms with Crippen molar-refractivity contribution in [2.24, 2.45) is 5.92 Å². The molecule has 1 aliphatic rings. The van der Waals surface area contributed by atoms with E-state index in [9.17, 15) is 4.79 Å². The van der Waals surface area contributed by atoms with Crippen molar-refractivity contribution < 1.29 is 9.53 Å². The summed E-state index contributed by atoms with van der Waals surface area (Å²) in [5.74, 6) is 0.618. The largest absolute Gasteiger partial charge is 0.465 e. The Labute approximate surface area is 80.1 Å². The van der Waals surface area contributed by atoms with Crippen LogP contribution in [-0.2, 0) is 9.53 Å². The SMILES string of the molecule is CCOC(=O)CN1CC(C)CC1C. The first kappa shape index (κ1) is 10.5. The van der Waals surface area contributed by atoms with Gasteiger partial charge in [0.2, 0.25) is 0 Å². The lowest BCUT2D eigenvalue weighted by Crippen LogP contribution is -2.33. The maximum atomic E-state index is 11.2. The average Bonchev–Trinajstić information content (AvgIpc) is 2.30. The Morgan fingerprint density at radius 3 is 2.69 bits per heavy atom. The maximum Gasteiger partial charge on any atom is 0.320 e. The van der Waals surface area contributed by atoms with Gasteiger partial charge in [-0.15, -0.1) is 0 Å². The van der Waals surface area contributed by atoms with Gasteiger partial charge in [-0.3, -0.25) is 9.69 Å². The molecule has 0 amide bonds. The first-order chi connectivity index (χ1) is 6.13. The van der Waals surface area contributed by atoms with Crippen molar-refractivity contribution in [3.05, 3.63) is 0 Å². The lowest BCUT2D eigenvalue weighted by molar-refractivity contribution is -0.144. The number of nitrogens with zero attached hydrogens (tertiary/aromatic N) is 1. The van der Waals surface area contributed by atoms with Crippen LogP contribution >= 0.6 is 0 Å². The van der Waals surface area contributed by atoms with Gasteiger partial charge in [-0.1, -0.05) is 6.92 Å². The standard InChI is InChI=1S/C10H19NO2/c1-4-13-10(12)7-11-6-8(2)5-9(11)3/h8-9H,4-7H2,1-3H3. The monoisotopic (exact) mass is 185 g/mol. The summed E-state index contributed by atoms with van der Waals surface area (Å²) >= 11 is 0. The van der Waals surface area contributed by atoms with E-state index < -0.39 is 0 Å². The molecule has 1 saturated heterocycles. The third kappa shape index (κ3) is 2.99. The summed E-state index contributed by atoms with van der Waals surface area (Å²) < 4.78 is 4.91. The molecule has 1 heterocycles. The molecule has 1 fully saturated rings. The molecule has 0 saturated carbocycles. The van der Waals surface area contributed by atoms with Crippen LogP contribution in [0.1, 0.15) is 27.2 Å². The predicted octanol–water partition coefficient (Wildman–Crippen LogP) is 1.28. The van der Waals surface area contributed by atoms with Crippen LogP contribution in [-0.4, -0.2) is 36.6 Å². The molecule has 0 aromatic rings. The molecule has 0 aromatic carbocycles. The molecule has 1 aliphatic heterocycles. The molecule has 0 aliphatic carbocycles. The second-order valence-electron chi connectivity index (χ2n) is 3.92. The zero-order chi connectivity index (χ0) is 9.84. The Balaban J connectivity index is 2.32. The predicted molar refractivity (Wildman–Crippen MR) is 51.4 cm³/mol. The van der Waals surface area contributed by atoms with E-state index in [0.29, 0.717) is 25.1 Å². The zero-order valence-corrected chi connectivity index (χ0v) is 8.75. The minimum atomic E-state index is -0.0940. The molecule has 0 aromatic heterocycles. The van der Waals surface area contributed by atoms with E-state index in [-0.39, 0.29) is 5.97 Å². The van der Waals surface area contributed by atoms with E-state index in [1.165, 1.54) is 6.42 Å². The molecular formula is C10H19NO2. The van der Waals surface area contributed by atoms with Gasteiger partial charge in [0, 0.05) is 12.6 Å². The van der Waals surface area contributed by atoms with Gasteiger partial charge in [0.25, 0.3) is 0 Å². The Morgan fingerprint density at radius 1 is 1.54 bits per heavy atom. The number of hydrogen-bond donors (Lipinski definition) is 0. The molecule has 0 radical (unpaired) electrons. The molecule has 0 bridgehead atoms. The van der Waals surface area contributed by atoms with Gasteiger partial charge in [0.05, 0.1) is 13.2 Å². The van der Waals surface area contributed by atoms with E-state index in [1.54, 1.807) is 0 Å². The smallest absolute Gasteiger partial charge is 0.320 e. The minimum absolute atomic E-state index is 0.0940. The van der Waals surface area contributed by atoms with Gasteiger partial charge < -0.3 is 4.74 Å². The van der Waals surface area contributed by atoms with Crippen molar-refractivity contribution in [1.82, 2.24) is 4.90 Å². The van der Waals surface area contributed by atoms with Gasteiger partial charge in [-0.25, -0.2) is 0 Å². The van der Waals surface area contributed by atoms with Crippen LogP contribution in [0.25, 0.3) is 0 Å². The Morgan fingerprint density at radius 2 is 2.23 bits per heavy atom. The Bertz CT molecular complexity index is 182. The van der Waals surface area contributed by atoms with Crippen LogP contribution in [0.2, 0.25) is 0 Å². The third-order valence-electron chi connectivity index (χ3n) is 2.55. The van der Waals surface area contributed by atoms with E-state index in [2.05, 4.69) is 18.7 Å². The summed E-state index contributed by atoms with van der Waals surface area (Å²) in [4.78, 5) is 13.4. The fourth-order valence-electron chi connectivity index (χ4n) is 1.98. The normalized spacial score (nSPS) is 29.2. The summed E-state index contributed by atoms with van der Waals surface area (Å²) in [6, 6.07) is 0.527. The lowest BCUT2D eigenvalue weighted by atomic mass is 10.1. The second-order valence-corrected chi connectivity index (χ2v) is 3.92. The van der Waals surface area contributed by atoms with Gasteiger partial charge in [-0.05, 0) is 26.2 Å². The molecule has 13 heavy (non-hydrogen) atoms. The van der Waals surface area contributed by atoms with Crippen LogP contribution in [0.4, 0.5) is 0 Å². The minimum Gasteiger partial charge on any atom is -0.465 e. The van der Waals surface area contributed by atoms with Crippen molar-refractivity contribution in [1.29, 1.82) is 0 Å². The van der Waals surface area contributed by atoms with Gasteiger partial charge >= 0.3 is 5.97 Å². The van der Waals surface area contributed by atoms with Crippen LogP contribution < -0.4 is 0 Å². The fraction of sp³-hybridized carbons (Fsp3) is 0.900. The quantitative estimate of drug-likeness (QED) is 0.620. The van der Waals surface area contributed by atoms with Gasteiger partial charge in [0.1, 0.15) is 0 Å². The van der Waals surface area contributed by atoms with Crippen LogP contribution in [0, 0.1) is 5.92 Å². The first-order valence-electron chi connectivity index (χ1n) is 5.03. The number of likely N-dealkylation sites (tertiary alicyclic amines) is 1. The lowest BCUT2D eigenvalue weighted by Gasteiger charge is -2.19. The summed E-state index contributed by atoms with van der Waals surface area (Å²) in [5, 5.41) is 0. The summed E-state index contributed by atoms with van der Waals surface area (Å²) in [5.41, 5.74) is 0. The van der Waals surface area contributed by atoms with E-state index in [0.717, 1.165) is 6.54 Å². The van der Waals surface area contributed by atoms with Crippen molar-refractivity contribution >= 4 is 5.97 Å². The zero-order valence-electron chi connectivity index (χ0n) is 8.75. The highest BCUT2D eigenvalue weighted by atomic mass is 16.5. The van der Waals surface area contributed by atoms with Crippen LogP contribution in [0.5, 0.6) is 0 Å². The van der Waals surface area contributed by atoms with Crippen molar-refractivity contribution in [2.75, 3.05) is 19.7 Å². The number of carbonyl (C=O) groups excluding carboxylic acids is 1. The third-order valence-corrected chi connectivity index (χ3v) is 2.55. The Kier molecular flexibility index (Phi) is 3.72. The number of carbonyl (C=O) groups is 1. The maximum absolute atomic E-state index is 11.2. The molecule has 0 spiro atoms. The number of rotatable bonds is 3. The topological polar surface area (TPSA) is 29.5 Å². The molecule has 1 rings (SSSR count). The number of hydrogen-bond acceptors (Lipinski definition) is 3. The first-order valence-corrected chi connectivity index (χ1v) is 5.03. The molecule has 2 atom stereocenters. The van der Waals surface area contributed by atoms with Crippen molar-refractivity contribution in [2.45, 2.75) is 33.2 Å². The van der Waals surface area contributed by atoms with Crippen LogP contribution in [0.15, 0.2) is 0 Å². The van der Waals surface area contributed by atoms with Crippen molar-refractivity contribution in [3.63, 3.8) is 0 Å². The van der Waals surface area contributed by atoms with Crippen molar-refractivity contribution in [3.8, 4) is 0 Å². The summed E-state index contributed by atoms with van der Waals surface area (Å²) in [6.45, 7) is 8.20. The molecular weight excluding hydrogens is 166 g/mol. The highest BCUT2D eigenvalue weighted by Gasteiger charge is 2.27. The number of esters is 1. The van der Waals surface area contributed by atoms with Gasteiger partial charge in [-0.2, -0.15) is 0 Å². The van der Waals surface area contributed by atoms with E-state index in [4.69, 9.17) is 4.74 Å². The van der Waals surface area contributed by atoms with E-state index >= 15 is 0 Å².